The number of carbonyl (C=O) groups is 1. The Hall–Kier alpha value is -3.49. The van der Waals surface area contributed by atoms with Crippen molar-refractivity contribution in [2.75, 3.05) is 25.6 Å². The highest BCUT2D eigenvalue weighted by atomic mass is 16.6. The standard InChI is InChI=1S/C24H24N4O4/c1-30-17-9-7-15(8-10-17)18-11-12-25-24(27-18)28-20-14-32-21-19(13-31-22(20)21)26-23(29)16-5-3-2-4-6-16/h2-12,19-22H,13-14H2,1H3,(H,26,29)(H,25,27,28)/t19-,20-,21+,22+/m0/s1. The number of aromatic nitrogens is 2. The molecule has 2 aliphatic heterocycles. The van der Waals surface area contributed by atoms with Gasteiger partial charge in [-0.1, -0.05) is 18.2 Å². The lowest BCUT2D eigenvalue weighted by Crippen LogP contribution is -2.44. The second-order valence-electron chi connectivity index (χ2n) is 7.79. The van der Waals surface area contributed by atoms with Crippen LogP contribution in [0.1, 0.15) is 10.4 Å². The van der Waals surface area contributed by atoms with Crippen LogP contribution in [0, 0.1) is 0 Å². The number of fused-ring (bicyclic) bond motifs is 1. The van der Waals surface area contributed by atoms with E-state index in [1.807, 2.05) is 48.5 Å². The Bertz CT molecular complexity index is 1080. The second-order valence-corrected chi connectivity index (χ2v) is 7.79. The number of anilines is 1. The van der Waals surface area contributed by atoms with E-state index in [0.29, 0.717) is 24.7 Å². The third-order valence-electron chi connectivity index (χ3n) is 5.76. The van der Waals surface area contributed by atoms with Crippen LogP contribution in [0.15, 0.2) is 66.9 Å². The van der Waals surface area contributed by atoms with Crippen LogP contribution < -0.4 is 15.4 Å². The maximum atomic E-state index is 12.5. The van der Waals surface area contributed by atoms with Gasteiger partial charge in [0.15, 0.2) is 0 Å². The highest BCUT2D eigenvalue weighted by Crippen LogP contribution is 2.29. The van der Waals surface area contributed by atoms with Crippen molar-refractivity contribution in [3.63, 3.8) is 0 Å². The Balaban J connectivity index is 1.23. The molecule has 2 fully saturated rings. The lowest BCUT2D eigenvalue weighted by Gasteiger charge is -2.18. The van der Waals surface area contributed by atoms with E-state index in [2.05, 4.69) is 20.6 Å². The number of benzene rings is 2. The van der Waals surface area contributed by atoms with Crippen LogP contribution in [-0.2, 0) is 9.47 Å². The van der Waals surface area contributed by atoms with Crippen LogP contribution >= 0.6 is 0 Å². The van der Waals surface area contributed by atoms with Gasteiger partial charge in [-0.05, 0) is 42.5 Å². The summed E-state index contributed by atoms with van der Waals surface area (Å²) in [6.45, 7) is 0.849. The molecule has 1 amide bonds. The second kappa shape index (κ2) is 8.94. The Labute approximate surface area is 185 Å². The van der Waals surface area contributed by atoms with Gasteiger partial charge in [0.2, 0.25) is 5.95 Å². The van der Waals surface area contributed by atoms with Gasteiger partial charge in [0.1, 0.15) is 18.0 Å². The first-order valence-electron chi connectivity index (χ1n) is 10.5. The summed E-state index contributed by atoms with van der Waals surface area (Å²) in [6, 6.07) is 18.4. The molecule has 0 radical (unpaired) electrons. The molecule has 3 aromatic rings. The quantitative estimate of drug-likeness (QED) is 0.618. The third-order valence-corrected chi connectivity index (χ3v) is 5.76. The minimum atomic E-state index is -0.218. The molecule has 2 aliphatic rings. The van der Waals surface area contributed by atoms with Gasteiger partial charge < -0.3 is 24.8 Å². The summed E-state index contributed by atoms with van der Waals surface area (Å²) in [5, 5.41) is 6.37. The largest absolute Gasteiger partial charge is 0.497 e. The van der Waals surface area contributed by atoms with Gasteiger partial charge in [-0.25, -0.2) is 9.97 Å². The van der Waals surface area contributed by atoms with E-state index in [1.165, 1.54) is 0 Å². The van der Waals surface area contributed by atoms with Crippen molar-refractivity contribution in [2.45, 2.75) is 24.3 Å². The lowest BCUT2D eigenvalue weighted by atomic mass is 10.1. The van der Waals surface area contributed by atoms with Crippen molar-refractivity contribution in [1.82, 2.24) is 15.3 Å². The smallest absolute Gasteiger partial charge is 0.251 e. The average Bonchev–Trinajstić information content (AvgIpc) is 3.43. The summed E-state index contributed by atoms with van der Waals surface area (Å²) in [6.07, 6.45) is 1.31. The molecule has 0 aliphatic carbocycles. The highest BCUT2D eigenvalue weighted by Gasteiger charge is 2.48. The van der Waals surface area contributed by atoms with Gasteiger partial charge in [0, 0.05) is 17.3 Å². The molecule has 2 aromatic carbocycles. The number of amides is 1. The molecule has 4 atom stereocenters. The average molecular weight is 432 g/mol. The van der Waals surface area contributed by atoms with Gasteiger partial charge in [-0.2, -0.15) is 0 Å². The minimum absolute atomic E-state index is 0.107. The lowest BCUT2D eigenvalue weighted by molar-refractivity contribution is 0.0652. The van der Waals surface area contributed by atoms with Crippen molar-refractivity contribution in [1.29, 1.82) is 0 Å². The third kappa shape index (κ3) is 4.15. The van der Waals surface area contributed by atoms with E-state index >= 15 is 0 Å². The van der Waals surface area contributed by atoms with Gasteiger partial charge in [0.25, 0.3) is 5.91 Å². The molecule has 0 unspecified atom stereocenters. The fourth-order valence-electron chi connectivity index (χ4n) is 4.10. The van der Waals surface area contributed by atoms with Crippen LogP contribution in [0.4, 0.5) is 5.95 Å². The predicted octanol–water partition coefficient (Wildman–Crippen LogP) is 2.53. The number of carbonyl (C=O) groups excluding carboxylic acids is 1. The molecule has 5 rings (SSSR count). The minimum Gasteiger partial charge on any atom is -0.497 e. The number of ether oxygens (including phenoxy) is 3. The van der Waals surface area contributed by atoms with Crippen LogP contribution in [-0.4, -0.2) is 60.5 Å². The molecular formula is C24H24N4O4. The fraction of sp³-hybridized carbons (Fsp3) is 0.292. The SMILES string of the molecule is COc1ccc(-c2ccnc(N[C@H]3CO[C@H]4[C@@H]3OC[C@@H]4NC(=O)c3ccccc3)n2)cc1. The molecular weight excluding hydrogens is 408 g/mol. The van der Waals surface area contributed by atoms with E-state index in [9.17, 15) is 4.79 Å². The first-order valence-corrected chi connectivity index (χ1v) is 10.5. The first kappa shape index (κ1) is 20.4. The van der Waals surface area contributed by atoms with Gasteiger partial charge in [-0.15, -0.1) is 0 Å². The molecule has 32 heavy (non-hydrogen) atoms. The molecule has 0 bridgehead atoms. The molecule has 8 nitrogen and oxygen atoms in total. The fourth-order valence-corrected chi connectivity index (χ4v) is 4.10. The predicted molar refractivity (Wildman–Crippen MR) is 119 cm³/mol. The Morgan fingerprint density at radius 1 is 0.969 bits per heavy atom. The van der Waals surface area contributed by atoms with E-state index in [-0.39, 0.29) is 30.2 Å². The number of nitrogens with one attached hydrogen (secondary N) is 2. The maximum absolute atomic E-state index is 12.5. The summed E-state index contributed by atoms with van der Waals surface area (Å²) in [5.41, 5.74) is 2.39. The van der Waals surface area contributed by atoms with Crippen LogP contribution in [0.3, 0.4) is 0 Å². The summed E-state index contributed by atoms with van der Waals surface area (Å²) < 4.78 is 17.2. The van der Waals surface area contributed by atoms with E-state index < -0.39 is 0 Å². The number of nitrogens with zero attached hydrogens (tertiary/aromatic N) is 2. The Kier molecular flexibility index (Phi) is 5.70. The van der Waals surface area contributed by atoms with Crippen molar-refractivity contribution >= 4 is 11.9 Å². The molecule has 8 heteroatoms. The summed E-state index contributed by atoms with van der Waals surface area (Å²) in [7, 11) is 1.64. The van der Waals surface area contributed by atoms with Crippen LogP contribution in [0.2, 0.25) is 0 Å². The summed E-state index contributed by atoms with van der Waals surface area (Å²) in [4.78, 5) is 21.5. The monoisotopic (exact) mass is 432 g/mol. The molecule has 164 valence electrons. The first-order chi connectivity index (χ1) is 15.7. The number of rotatable bonds is 6. The van der Waals surface area contributed by atoms with Crippen molar-refractivity contribution in [3.8, 4) is 17.0 Å². The molecule has 0 spiro atoms. The van der Waals surface area contributed by atoms with E-state index in [0.717, 1.165) is 17.0 Å². The highest BCUT2D eigenvalue weighted by molar-refractivity contribution is 5.94. The molecule has 2 N–H and O–H groups in total. The number of methoxy groups -OCH3 is 1. The number of hydrogen-bond acceptors (Lipinski definition) is 7. The van der Waals surface area contributed by atoms with Gasteiger partial charge in [0.05, 0.1) is 38.1 Å². The van der Waals surface area contributed by atoms with Gasteiger partial charge in [-0.3, -0.25) is 4.79 Å². The molecule has 0 saturated carbocycles. The van der Waals surface area contributed by atoms with Crippen molar-refractivity contribution in [3.05, 3.63) is 72.4 Å². The topological polar surface area (TPSA) is 94.6 Å². The Morgan fingerprint density at radius 3 is 2.44 bits per heavy atom. The molecule has 1 aromatic heterocycles. The van der Waals surface area contributed by atoms with Crippen LogP contribution in [0.5, 0.6) is 5.75 Å². The number of hydrogen-bond donors (Lipinski definition) is 2. The van der Waals surface area contributed by atoms with E-state index in [1.54, 1.807) is 25.4 Å². The zero-order chi connectivity index (χ0) is 21.9. The zero-order valence-corrected chi connectivity index (χ0v) is 17.6. The van der Waals surface area contributed by atoms with Gasteiger partial charge >= 0.3 is 0 Å². The van der Waals surface area contributed by atoms with Crippen molar-refractivity contribution in [2.24, 2.45) is 0 Å². The summed E-state index contributed by atoms with van der Waals surface area (Å²) >= 11 is 0. The summed E-state index contributed by atoms with van der Waals surface area (Å²) in [5.74, 6) is 1.17. The van der Waals surface area contributed by atoms with Crippen molar-refractivity contribution < 1.29 is 19.0 Å². The van der Waals surface area contributed by atoms with Crippen LogP contribution in [0.25, 0.3) is 11.3 Å². The zero-order valence-electron chi connectivity index (χ0n) is 17.6. The maximum Gasteiger partial charge on any atom is 0.251 e. The normalized spacial score (nSPS) is 24.0. The molecule has 3 heterocycles. The Morgan fingerprint density at radius 2 is 1.69 bits per heavy atom. The molecule has 2 saturated heterocycles. The van der Waals surface area contributed by atoms with E-state index in [4.69, 9.17) is 14.2 Å².